The molecule has 3 aromatic carbocycles. The van der Waals surface area contributed by atoms with Crippen molar-refractivity contribution in [3.05, 3.63) is 77.3 Å². The molecule has 0 aliphatic carbocycles. The first-order valence-corrected chi connectivity index (χ1v) is 11.0. The molecule has 0 aliphatic heterocycles. The zero-order chi connectivity index (χ0) is 22.6. The fourth-order valence-electron chi connectivity index (χ4n) is 2.85. The monoisotopic (exact) mass is 460 g/mol. The van der Waals surface area contributed by atoms with E-state index in [1.165, 1.54) is 45.5 Å². The Balaban J connectivity index is 1.88. The Morgan fingerprint density at radius 3 is 2.19 bits per heavy atom. The van der Waals surface area contributed by atoms with E-state index in [0.29, 0.717) is 27.9 Å². The number of rotatable bonds is 7. The lowest BCUT2D eigenvalue weighted by Crippen LogP contribution is -2.26. The van der Waals surface area contributed by atoms with Crippen molar-refractivity contribution < 1.29 is 22.7 Å². The number of ether oxygens (including phenoxy) is 2. The Kier molecular flexibility index (Phi) is 6.72. The SMILES string of the molecule is COc1cc(NC(=O)c2cccc(S(=O)(=O)N(C)c3cccc(Cl)c3)c2)cc(OC)c1. The number of amides is 1. The third kappa shape index (κ3) is 5.10. The van der Waals surface area contributed by atoms with Crippen molar-refractivity contribution >= 4 is 38.9 Å². The molecule has 0 fully saturated rings. The largest absolute Gasteiger partial charge is 0.497 e. The summed E-state index contributed by atoms with van der Waals surface area (Å²) in [5, 5.41) is 3.15. The second-order valence-corrected chi connectivity index (χ2v) is 8.94. The van der Waals surface area contributed by atoms with Crippen LogP contribution in [0.4, 0.5) is 11.4 Å². The first-order valence-electron chi connectivity index (χ1n) is 9.13. The highest BCUT2D eigenvalue weighted by atomic mass is 35.5. The summed E-state index contributed by atoms with van der Waals surface area (Å²) < 4.78 is 37.6. The third-order valence-electron chi connectivity index (χ3n) is 4.54. The third-order valence-corrected chi connectivity index (χ3v) is 6.55. The highest BCUT2D eigenvalue weighted by Gasteiger charge is 2.23. The van der Waals surface area contributed by atoms with Gasteiger partial charge in [0.25, 0.3) is 15.9 Å². The Labute approximate surface area is 186 Å². The maximum atomic E-state index is 13.1. The molecule has 1 N–H and O–H groups in total. The van der Waals surface area contributed by atoms with Crippen molar-refractivity contribution in [3.8, 4) is 11.5 Å². The molecule has 0 aliphatic rings. The smallest absolute Gasteiger partial charge is 0.264 e. The molecule has 0 heterocycles. The number of anilines is 2. The molecule has 3 rings (SSSR count). The molecule has 1 amide bonds. The lowest BCUT2D eigenvalue weighted by molar-refractivity contribution is 0.102. The van der Waals surface area contributed by atoms with Crippen LogP contribution in [0.3, 0.4) is 0 Å². The molecule has 0 saturated heterocycles. The lowest BCUT2D eigenvalue weighted by atomic mass is 10.2. The molecule has 0 radical (unpaired) electrons. The van der Waals surface area contributed by atoms with E-state index in [-0.39, 0.29) is 10.5 Å². The van der Waals surface area contributed by atoms with Gasteiger partial charge in [0.05, 0.1) is 24.8 Å². The fraction of sp³-hybridized carbons (Fsp3) is 0.136. The molecule has 162 valence electrons. The van der Waals surface area contributed by atoms with Crippen LogP contribution in [0.1, 0.15) is 10.4 Å². The second kappa shape index (κ2) is 9.28. The summed E-state index contributed by atoms with van der Waals surface area (Å²) in [5.41, 5.74) is 1.04. The van der Waals surface area contributed by atoms with Crippen molar-refractivity contribution in [3.63, 3.8) is 0 Å². The van der Waals surface area contributed by atoms with Gasteiger partial charge in [0.1, 0.15) is 11.5 Å². The molecule has 0 spiro atoms. The van der Waals surface area contributed by atoms with Gasteiger partial charge in [0.15, 0.2) is 0 Å². The average Bonchev–Trinajstić information content (AvgIpc) is 2.78. The maximum Gasteiger partial charge on any atom is 0.264 e. The minimum atomic E-state index is -3.90. The molecule has 0 aromatic heterocycles. The standard InChI is InChI=1S/C22H21ClN2O5S/c1-25(18-8-5-7-16(23)11-18)31(27,28)21-9-4-6-15(10-21)22(26)24-17-12-19(29-2)14-20(13-17)30-3/h4-14H,1-3H3,(H,24,26). The Morgan fingerprint density at radius 1 is 0.935 bits per heavy atom. The maximum absolute atomic E-state index is 13.1. The molecule has 0 atom stereocenters. The van der Waals surface area contributed by atoms with Crippen LogP contribution in [0.5, 0.6) is 11.5 Å². The average molecular weight is 461 g/mol. The van der Waals surface area contributed by atoms with Crippen LogP contribution in [0, 0.1) is 0 Å². The topological polar surface area (TPSA) is 84.9 Å². The van der Waals surface area contributed by atoms with Gasteiger partial charge in [-0.1, -0.05) is 23.7 Å². The predicted octanol–water partition coefficient (Wildman–Crippen LogP) is 4.43. The minimum absolute atomic E-state index is 0.0224. The van der Waals surface area contributed by atoms with E-state index in [4.69, 9.17) is 21.1 Å². The van der Waals surface area contributed by atoms with Crippen molar-refractivity contribution in [2.24, 2.45) is 0 Å². The highest BCUT2D eigenvalue weighted by Crippen LogP contribution is 2.27. The number of hydrogen-bond acceptors (Lipinski definition) is 5. The molecule has 9 heteroatoms. The molecule has 0 saturated carbocycles. The van der Waals surface area contributed by atoms with E-state index in [1.54, 1.807) is 42.5 Å². The van der Waals surface area contributed by atoms with Gasteiger partial charge in [0, 0.05) is 41.5 Å². The number of methoxy groups -OCH3 is 2. The molecule has 3 aromatic rings. The zero-order valence-electron chi connectivity index (χ0n) is 17.1. The second-order valence-electron chi connectivity index (χ2n) is 6.54. The van der Waals surface area contributed by atoms with Gasteiger partial charge in [0.2, 0.25) is 0 Å². The van der Waals surface area contributed by atoms with E-state index in [2.05, 4.69) is 5.32 Å². The van der Waals surface area contributed by atoms with Crippen LogP contribution in [0.15, 0.2) is 71.6 Å². The summed E-state index contributed by atoms with van der Waals surface area (Å²) in [7, 11) is 0.533. The lowest BCUT2D eigenvalue weighted by Gasteiger charge is -2.20. The van der Waals surface area contributed by atoms with E-state index in [1.807, 2.05) is 0 Å². The Morgan fingerprint density at radius 2 is 1.58 bits per heavy atom. The number of nitrogens with zero attached hydrogens (tertiary/aromatic N) is 1. The molecular weight excluding hydrogens is 440 g/mol. The molecule has 0 unspecified atom stereocenters. The zero-order valence-corrected chi connectivity index (χ0v) is 18.7. The van der Waals surface area contributed by atoms with E-state index < -0.39 is 15.9 Å². The van der Waals surface area contributed by atoms with Crippen molar-refractivity contribution in [2.75, 3.05) is 30.9 Å². The van der Waals surface area contributed by atoms with Gasteiger partial charge < -0.3 is 14.8 Å². The first-order chi connectivity index (χ1) is 14.7. The molecule has 31 heavy (non-hydrogen) atoms. The van der Waals surface area contributed by atoms with Crippen molar-refractivity contribution in [1.82, 2.24) is 0 Å². The first kappa shape index (κ1) is 22.5. The van der Waals surface area contributed by atoms with E-state index >= 15 is 0 Å². The predicted molar refractivity (Wildman–Crippen MR) is 121 cm³/mol. The summed E-state index contributed by atoms with van der Waals surface area (Å²) in [6.45, 7) is 0. The molecule has 0 bridgehead atoms. The van der Waals surface area contributed by atoms with Gasteiger partial charge in [-0.15, -0.1) is 0 Å². The minimum Gasteiger partial charge on any atom is -0.497 e. The van der Waals surface area contributed by atoms with Crippen LogP contribution in [0.25, 0.3) is 0 Å². The number of carbonyl (C=O) groups excluding carboxylic acids is 1. The number of benzene rings is 3. The highest BCUT2D eigenvalue weighted by molar-refractivity contribution is 7.92. The van der Waals surface area contributed by atoms with Gasteiger partial charge >= 0.3 is 0 Å². The summed E-state index contributed by atoms with van der Waals surface area (Å²) >= 11 is 5.98. The van der Waals surface area contributed by atoms with Crippen LogP contribution in [-0.2, 0) is 10.0 Å². The number of halogens is 1. The summed E-state index contributed by atoms with van der Waals surface area (Å²) in [6, 6.07) is 17.2. The number of sulfonamides is 1. The summed E-state index contributed by atoms with van der Waals surface area (Å²) in [6.07, 6.45) is 0. The fourth-order valence-corrected chi connectivity index (χ4v) is 4.27. The Hall–Kier alpha value is -3.23. The van der Waals surface area contributed by atoms with Crippen LogP contribution in [-0.4, -0.2) is 35.6 Å². The van der Waals surface area contributed by atoms with Crippen LogP contribution >= 0.6 is 11.6 Å². The van der Waals surface area contributed by atoms with E-state index in [9.17, 15) is 13.2 Å². The van der Waals surface area contributed by atoms with Gasteiger partial charge in [-0.3, -0.25) is 9.10 Å². The van der Waals surface area contributed by atoms with Gasteiger partial charge in [-0.25, -0.2) is 8.42 Å². The van der Waals surface area contributed by atoms with Crippen molar-refractivity contribution in [1.29, 1.82) is 0 Å². The quantitative estimate of drug-likeness (QED) is 0.563. The van der Waals surface area contributed by atoms with Crippen LogP contribution < -0.4 is 19.1 Å². The van der Waals surface area contributed by atoms with Crippen LogP contribution in [0.2, 0.25) is 5.02 Å². The van der Waals surface area contributed by atoms with E-state index in [0.717, 1.165) is 4.31 Å². The summed E-state index contributed by atoms with van der Waals surface area (Å²) in [5.74, 6) is 0.543. The molecule has 7 nitrogen and oxygen atoms in total. The Bertz CT molecular complexity index is 1190. The van der Waals surface area contributed by atoms with Gasteiger partial charge in [-0.05, 0) is 36.4 Å². The molecular formula is C22H21ClN2O5S. The normalized spacial score (nSPS) is 11.0. The number of hydrogen-bond donors (Lipinski definition) is 1. The number of carbonyl (C=O) groups is 1. The van der Waals surface area contributed by atoms with Gasteiger partial charge in [-0.2, -0.15) is 0 Å². The summed E-state index contributed by atoms with van der Waals surface area (Å²) in [4.78, 5) is 12.7. The number of nitrogens with one attached hydrogen (secondary N) is 1. The van der Waals surface area contributed by atoms with Crippen molar-refractivity contribution in [2.45, 2.75) is 4.90 Å².